The highest BCUT2D eigenvalue weighted by atomic mass is 16.6. The van der Waals surface area contributed by atoms with E-state index in [0.717, 1.165) is 16.7 Å². The summed E-state index contributed by atoms with van der Waals surface area (Å²) in [6.07, 6.45) is -1.57. The van der Waals surface area contributed by atoms with Crippen molar-refractivity contribution in [2.45, 2.75) is 39.3 Å². The van der Waals surface area contributed by atoms with Gasteiger partial charge in [0, 0.05) is 17.7 Å². The third kappa shape index (κ3) is 4.14. The number of alkyl carbamates (subject to hydrolysis) is 1. The van der Waals surface area contributed by atoms with Gasteiger partial charge < -0.3 is 10.1 Å². The molecule has 0 fully saturated rings. The zero-order chi connectivity index (χ0) is 21.2. The molecule has 152 valence electrons. The van der Waals surface area contributed by atoms with Crippen molar-refractivity contribution in [3.63, 3.8) is 0 Å². The Morgan fingerprint density at radius 2 is 1.62 bits per heavy atom. The maximum atomic E-state index is 13.2. The lowest BCUT2D eigenvalue weighted by molar-refractivity contribution is -0.142. The summed E-state index contributed by atoms with van der Waals surface area (Å²) >= 11 is 0. The molecule has 2 aromatic rings. The molecule has 3 amide bonds. The monoisotopic (exact) mass is 396 g/mol. The molecule has 0 radical (unpaired) electrons. The van der Waals surface area contributed by atoms with Crippen molar-refractivity contribution in [3.05, 3.63) is 54.1 Å². The molecule has 7 nitrogen and oxygen atoms in total. The van der Waals surface area contributed by atoms with Crippen molar-refractivity contribution in [3.8, 4) is 11.1 Å². The van der Waals surface area contributed by atoms with Gasteiger partial charge in [-0.2, -0.15) is 5.43 Å². The van der Waals surface area contributed by atoms with Crippen LogP contribution < -0.4 is 15.3 Å². The summed E-state index contributed by atoms with van der Waals surface area (Å²) in [5.74, 6) is -0.741. The number of nitrogens with zero attached hydrogens (tertiary/aromatic N) is 1. The van der Waals surface area contributed by atoms with E-state index in [9.17, 15) is 14.4 Å². The van der Waals surface area contributed by atoms with E-state index < -0.39 is 22.7 Å². The standard InChI is InChI=1S/C22H25N3O4/c1-14(2)23-22(28)29-15(3)21(27)24-25(4)19-12-8-7-11-18(19)17-10-6-5-9-16(17)13-20(25)26/h5-12,14-15H,13H2,1-4H3,(H-,23,24,27,28)/p+1/t15?,25-/m0/s1. The zero-order valence-electron chi connectivity index (χ0n) is 17.1. The first-order chi connectivity index (χ1) is 13.7. The van der Waals surface area contributed by atoms with Crippen LogP contribution >= 0.6 is 0 Å². The number of benzene rings is 2. The summed E-state index contributed by atoms with van der Waals surface area (Å²) in [7, 11) is 1.64. The Labute approximate surface area is 170 Å². The van der Waals surface area contributed by atoms with Crippen LogP contribution in [0, 0.1) is 0 Å². The molecule has 7 heteroatoms. The minimum Gasteiger partial charge on any atom is -0.436 e. The molecule has 1 aliphatic heterocycles. The summed E-state index contributed by atoms with van der Waals surface area (Å²) in [5, 5.41) is 2.57. The van der Waals surface area contributed by atoms with E-state index in [2.05, 4.69) is 10.7 Å². The summed E-state index contributed by atoms with van der Waals surface area (Å²) in [5.41, 5.74) is 6.19. The van der Waals surface area contributed by atoms with E-state index in [-0.39, 0.29) is 18.4 Å². The number of hydrogen-bond donors (Lipinski definition) is 2. The molecular formula is C22H26N3O4+. The van der Waals surface area contributed by atoms with Crippen molar-refractivity contribution >= 4 is 23.6 Å². The molecular weight excluding hydrogens is 370 g/mol. The maximum absolute atomic E-state index is 13.2. The Bertz CT molecular complexity index is 957. The van der Waals surface area contributed by atoms with Gasteiger partial charge in [0.15, 0.2) is 11.8 Å². The van der Waals surface area contributed by atoms with Crippen LogP contribution in [0.25, 0.3) is 11.1 Å². The average molecular weight is 396 g/mol. The van der Waals surface area contributed by atoms with Crippen LogP contribution in [0.5, 0.6) is 0 Å². The highest BCUT2D eigenvalue weighted by Gasteiger charge is 2.43. The fourth-order valence-electron chi connectivity index (χ4n) is 3.40. The van der Waals surface area contributed by atoms with Crippen LogP contribution in [0.4, 0.5) is 10.5 Å². The van der Waals surface area contributed by atoms with E-state index >= 15 is 0 Å². The fraction of sp³-hybridized carbons (Fsp3) is 0.318. The molecule has 1 aliphatic rings. The first kappa shape index (κ1) is 20.5. The van der Waals surface area contributed by atoms with E-state index in [1.54, 1.807) is 20.9 Å². The van der Waals surface area contributed by atoms with Gasteiger partial charge in [0.1, 0.15) is 7.05 Å². The first-order valence-electron chi connectivity index (χ1n) is 9.59. The zero-order valence-corrected chi connectivity index (χ0v) is 17.1. The molecule has 0 saturated heterocycles. The second kappa shape index (κ2) is 8.05. The van der Waals surface area contributed by atoms with Crippen molar-refractivity contribution < 1.29 is 19.1 Å². The average Bonchev–Trinajstić information content (AvgIpc) is 2.75. The van der Waals surface area contributed by atoms with Gasteiger partial charge in [0.25, 0.3) is 0 Å². The number of nitrogens with one attached hydrogen (secondary N) is 2. The van der Waals surface area contributed by atoms with Gasteiger partial charge in [-0.15, -0.1) is 4.59 Å². The molecule has 1 heterocycles. The molecule has 0 bridgehead atoms. The van der Waals surface area contributed by atoms with Crippen LogP contribution in [0.1, 0.15) is 26.3 Å². The molecule has 1 unspecified atom stereocenters. The predicted molar refractivity (Wildman–Crippen MR) is 111 cm³/mol. The molecule has 0 spiro atoms. The number of carbonyl (C=O) groups is 3. The Hall–Kier alpha value is -3.19. The lowest BCUT2D eigenvalue weighted by atomic mass is 9.98. The van der Waals surface area contributed by atoms with Gasteiger partial charge in [0.05, 0.1) is 6.42 Å². The Morgan fingerprint density at radius 3 is 2.31 bits per heavy atom. The third-order valence-electron chi connectivity index (χ3n) is 4.93. The molecule has 29 heavy (non-hydrogen) atoms. The summed E-state index contributed by atoms with van der Waals surface area (Å²) < 4.78 is 4.73. The molecule has 2 atom stereocenters. The van der Waals surface area contributed by atoms with Gasteiger partial charge in [-0.25, -0.2) is 9.59 Å². The van der Waals surface area contributed by atoms with Crippen molar-refractivity contribution in [2.24, 2.45) is 0 Å². The second-order valence-corrected chi connectivity index (χ2v) is 7.57. The molecule has 0 aromatic heterocycles. The molecule has 2 aromatic carbocycles. The maximum Gasteiger partial charge on any atom is 0.408 e. The number of para-hydroxylation sites is 1. The first-order valence-corrected chi connectivity index (χ1v) is 9.59. The summed E-state index contributed by atoms with van der Waals surface area (Å²) in [6, 6.07) is 15.1. The van der Waals surface area contributed by atoms with Gasteiger partial charge in [-0.1, -0.05) is 36.4 Å². The van der Waals surface area contributed by atoms with Crippen LogP contribution in [-0.2, 0) is 20.7 Å². The summed E-state index contributed by atoms with van der Waals surface area (Å²) in [6.45, 7) is 5.07. The molecule has 0 saturated carbocycles. The van der Waals surface area contributed by atoms with Gasteiger partial charge in [-0.3, -0.25) is 4.79 Å². The van der Waals surface area contributed by atoms with Crippen LogP contribution in [0.3, 0.4) is 0 Å². The van der Waals surface area contributed by atoms with Gasteiger partial charge in [-0.05, 0) is 38.0 Å². The quantitative estimate of drug-likeness (QED) is 0.779. The smallest absolute Gasteiger partial charge is 0.408 e. The normalized spacial score (nSPS) is 18.9. The highest BCUT2D eigenvalue weighted by Crippen LogP contribution is 2.38. The SMILES string of the molecule is CC(C)NC(=O)OC(C)C(=O)N[N@+]1(C)C(=O)Cc2ccccc2-c2ccccc21. The lowest BCUT2D eigenvalue weighted by Crippen LogP contribution is -2.64. The Balaban J connectivity index is 1.91. The fourth-order valence-corrected chi connectivity index (χ4v) is 3.40. The largest absolute Gasteiger partial charge is 0.436 e. The minimum absolute atomic E-state index is 0.111. The van der Waals surface area contributed by atoms with Crippen LogP contribution in [0.2, 0.25) is 0 Å². The number of likely N-dealkylation sites (N-methyl/N-ethyl adjacent to an activating group) is 1. The second-order valence-electron chi connectivity index (χ2n) is 7.57. The third-order valence-corrected chi connectivity index (χ3v) is 4.93. The number of hydrogen-bond acceptors (Lipinski definition) is 4. The molecule has 0 aliphatic carbocycles. The number of rotatable bonds is 4. The lowest BCUT2D eigenvalue weighted by Gasteiger charge is -2.31. The predicted octanol–water partition coefficient (Wildman–Crippen LogP) is 2.93. The van der Waals surface area contributed by atoms with Crippen LogP contribution in [0.15, 0.2) is 48.5 Å². The van der Waals surface area contributed by atoms with Gasteiger partial charge in [0.2, 0.25) is 0 Å². The number of amides is 3. The van der Waals surface area contributed by atoms with Crippen molar-refractivity contribution in [1.29, 1.82) is 0 Å². The van der Waals surface area contributed by atoms with Crippen LogP contribution in [-0.4, -0.2) is 37.1 Å². The van der Waals surface area contributed by atoms with E-state index in [1.807, 2.05) is 48.5 Å². The number of ether oxygens (including phenoxy) is 1. The molecule has 2 N–H and O–H groups in total. The summed E-state index contributed by atoms with van der Waals surface area (Å²) in [4.78, 5) is 37.8. The Kier molecular flexibility index (Phi) is 5.70. The van der Waals surface area contributed by atoms with E-state index in [0.29, 0.717) is 5.69 Å². The minimum atomic E-state index is -1.06. The number of fused-ring (bicyclic) bond motifs is 3. The Morgan fingerprint density at radius 1 is 1.00 bits per heavy atom. The molecule has 3 rings (SSSR count). The van der Waals surface area contributed by atoms with E-state index in [4.69, 9.17) is 4.74 Å². The number of carbonyl (C=O) groups excluding carboxylic acids is 3. The highest BCUT2D eigenvalue weighted by molar-refractivity contribution is 6.00. The van der Waals surface area contributed by atoms with Gasteiger partial charge >= 0.3 is 17.9 Å². The topological polar surface area (TPSA) is 84.5 Å². The van der Waals surface area contributed by atoms with Crippen molar-refractivity contribution in [2.75, 3.05) is 7.05 Å². The van der Waals surface area contributed by atoms with Crippen molar-refractivity contribution in [1.82, 2.24) is 15.3 Å². The van der Waals surface area contributed by atoms with E-state index in [1.165, 1.54) is 6.92 Å². The number of quaternary nitrogens is 1.